The molecule has 0 fully saturated rings. The minimum Gasteiger partial charge on any atom is -0.395 e. The van der Waals surface area contributed by atoms with Gasteiger partial charge in [0.15, 0.2) is 0 Å². The Morgan fingerprint density at radius 1 is 1.61 bits per heavy atom. The zero-order chi connectivity index (χ0) is 13.7. The molecule has 18 heavy (non-hydrogen) atoms. The van der Waals surface area contributed by atoms with E-state index in [9.17, 15) is 9.18 Å². The van der Waals surface area contributed by atoms with Gasteiger partial charge in [-0.15, -0.1) is 0 Å². The molecule has 3 nitrogen and oxygen atoms in total. The summed E-state index contributed by atoms with van der Waals surface area (Å²) in [5, 5.41) is 11.9. The SMILES string of the molecule is CSC(CO)C(C)NC(=O)c1cc(Cl)ccc1F. The van der Waals surface area contributed by atoms with E-state index in [1.807, 2.05) is 6.26 Å². The number of carbonyl (C=O) groups is 1. The number of aliphatic hydroxyl groups excluding tert-OH is 1. The summed E-state index contributed by atoms with van der Waals surface area (Å²) in [6.45, 7) is 1.71. The van der Waals surface area contributed by atoms with Crippen molar-refractivity contribution in [2.24, 2.45) is 0 Å². The van der Waals surface area contributed by atoms with E-state index >= 15 is 0 Å². The Kier molecular flexibility index (Phi) is 5.91. The van der Waals surface area contributed by atoms with Gasteiger partial charge in [-0.05, 0) is 31.4 Å². The van der Waals surface area contributed by atoms with Crippen LogP contribution in [0.25, 0.3) is 0 Å². The summed E-state index contributed by atoms with van der Waals surface area (Å²) in [6.07, 6.45) is 1.84. The number of rotatable bonds is 5. The van der Waals surface area contributed by atoms with Crippen LogP contribution in [0.1, 0.15) is 17.3 Å². The molecule has 100 valence electrons. The minimum atomic E-state index is -0.617. The van der Waals surface area contributed by atoms with E-state index in [0.29, 0.717) is 5.02 Å². The van der Waals surface area contributed by atoms with Crippen molar-refractivity contribution in [2.45, 2.75) is 18.2 Å². The molecule has 0 saturated carbocycles. The molecule has 6 heteroatoms. The van der Waals surface area contributed by atoms with Crippen molar-refractivity contribution in [3.05, 3.63) is 34.6 Å². The van der Waals surface area contributed by atoms with E-state index in [0.717, 1.165) is 6.07 Å². The second kappa shape index (κ2) is 6.97. The van der Waals surface area contributed by atoms with Crippen LogP contribution in [0.4, 0.5) is 4.39 Å². The molecule has 1 aromatic rings. The standard InChI is InChI=1S/C12H15ClFNO2S/c1-7(11(6-16)18-2)15-12(17)9-5-8(13)3-4-10(9)14/h3-5,7,11,16H,6H2,1-2H3,(H,15,17). The number of hydrogen-bond donors (Lipinski definition) is 2. The molecule has 1 rings (SSSR count). The van der Waals surface area contributed by atoms with Crippen molar-refractivity contribution in [1.29, 1.82) is 0 Å². The molecule has 0 aliphatic heterocycles. The van der Waals surface area contributed by atoms with E-state index in [-0.39, 0.29) is 23.5 Å². The first-order valence-corrected chi connectivity index (χ1v) is 7.05. The van der Waals surface area contributed by atoms with Crippen molar-refractivity contribution in [3.63, 3.8) is 0 Å². The average molecular weight is 292 g/mol. The highest BCUT2D eigenvalue weighted by Gasteiger charge is 2.20. The summed E-state index contributed by atoms with van der Waals surface area (Å²) in [7, 11) is 0. The molecule has 0 heterocycles. The maximum atomic E-state index is 13.5. The van der Waals surface area contributed by atoms with Crippen LogP contribution in [-0.2, 0) is 0 Å². The fourth-order valence-corrected chi connectivity index (χ4v) is 2.28. The zero-order valence-electron chi connectivity index (χ0n) is 10.1. The van der Waals surface area contributed by atoms with Gasteiger partial charge in [-0.1, -0.05) is 11.6 Å². The van der Waals surface area contributed by atoms with Gasteiger partial charge in [0.2, 0.25) is 0 Å². The van der Waals surface area contributed by atoms with Crippen molar-refractivity contribution >= 4 is 29.3 Å². The molecule has 0 spiro atoms. The number of thioether (sulfide) groups is 1. The Balaban J connectivity index is 2.79. The Morgan fingerprint density at radius 3 is 2.83 bits per heavy atom. The third kappa shape index (κ3) is 3.86. The van der Waals surface area contributed by atoms with E-state index in [1.165, 1.54) is 23.9 Å². The third-order valence-electron chi connectivity index (χ3n) is 2.57. The number of halogens is 2. The van der Waals surface area contributed by atoms with Gasteiger partial charge in [-0.3, -0.25) is 4.79 Å². The Bertz CT molecular complexity index is 427. The topological polar surface area (TPSA) is 49.3 Å². The fourth-order valence-electron chi connectivity index (χ4n) is 1.49. The number of aliphatic hydroxyl groups is 1. The highest BCUT2D eigenvalue weighted by molar-refractivity contribution is 7.99. The monoisotopic (exact) mass is 291 g/mol. The van der Waals surface area contributed by atoms with Crippen LogP contribution >= 0.6 is 23.4 Å². The van der Waals surface area contributed by atoms with Crippen molar-refractivity contribution in [1.82, 2.24) is 5.32 Å². The van der Waals surface area contributed by atoms with Gasteiger partial charge in [0.1, 0.15) is 5.82 Å². The lowest BCUT2D eigenvalue weighted by atomic mass is 10.1. The average Bonchev–Trinajstić information content (AvgIpc) is 2.33. The Morgan fingerprint density at radius 2 is 2.28 bits per heavy atom. The van der Waals surface area contributed by atoms with Gasteiger partial charge < -0.3 is 10.4 Å². The van der Waals surface area contributed by atoms with E-state index in [1.54, 1.807) is 6.92 Å². The van der Waals surface area contributed by atoms with Crippen LogP contribution in [-0.4, -0.2) is 35.2 Å². The van der Waals surface area contributed by atoms with E-state index in [2.05, 4.69) is 5.32 Å². The molecule has 0 saturated heterocycles. The van der Waals surface area contributed by atoms with E-state index in [4.69, 9.17) is 16.7 Å². The fraction of sp³-hybridized carbons (Fsp3) is 0.417. The second-order valence-corrected chi connectivity index (χ2v) is 5.36. The van der Waals surface area contributed by atoms with Gasteiger partial charge in [0, 0.05) is 16.3 Å². The number of benzene rings is 1. The summed E-state index contributed by atoms with van der Waals surface area (Å²) >= 11 is 7.16. The van der Waals surface area contributed by atoms with Gasteiger partial charge >= 0.3 is 0 Å². The first-order valence-electron chi connectivity index (χ1n) is 5.39. The van der Waals surface area contributed by atoms with Crippen LogP contribution < -0.4 is 5.32 Å². The van der Waals surface area contributed by atoms with Gasteiger partial charge in [-0.25, -0.2) is 4.39 Å². The summed E-state index contributed by atoms with van der Waals surface area (Å²) in [6, 6.07) is 3.55. The molecule has 0 bridgehead atoms. The molecular weight excluding hydrogens is 277 g/mol. The zero-order valence-corrected chi connectivity index (χ0v) is 11.7. The number of nitrogens with one attached hydrogen (secondary N) is 1. The molecule has 1 aromatic carbocycles. The maximum absolute atomic E-state index is 13.5. The van der Waals surface area contributed by atoms with Crippen molar-refractivity contribution in [3.8, 4) is 0 Å². The molecule has 1 amide bonds. The normalized spacial score (nSPS) is 14.1. The van der Waals surface area contributed by atoms with Crippen LogP contribution in [0.5, 0.6) is 0 Å². The van der Waals surface area contributed by atoms with Gasteiger partial charge in [-0.2, -0.15) is 11.8 Å². The second-order valence-electron chi connectivity index (χ2n) is 3.84. The molecule has 0 aliphatic rings. The number of amides is 1. The van der Waals surface area contributed by atoms with Crippen molar-refractivity contribution in [2.75, 3.05) is 12.9 Å². The minimum absolute atomic E-state index is 0.0549. The highest BCUT2D eigenvalue weighted by atomic mass is 35.5. The van der Waals surface area contributed by atoms with Crippen LogP contribution in [0.3, 0.4) is 0 Å². The molecule has 0 aliphatic carbocycles. The summed E-state index contributed by atoms with van der Waals surface area (Å²) in [4.78, 5) is 11.9. The Hall–Kier alpha value is -0.780. The van der Waals surface area contributed by atoms with Crippen LogP contribution in [0.15, 0.2) is 18.2 Å². The summed E-state index contributed by atoms with van der Waals surface area (Å²) in [5.41, 5.74) is -0.0906. The molecule has 2 unspecified atom stereocenters. The predicted octanol–water partition coefficient (Wildman–Crippen LogP) is 2.32. The number of hydrogen-bond acceptors (Lipinski definition) is 3. The lowest BCUT2D eigenvalue weighted by Gasteiger charge is -2.21. The summed E-state index contributed by atoms with van der Waals surface area (Å²) < 4.78 is 13.5. The third-order valence-corrected chi connectivity index (χ3v) is 3.97. The lowest BCUT2D eigenvalue weighted by Crippen LogP contribution is -2.41. The predicted molar refractivity (Wildman–Crippen MR) is 72.7 cm³/mol. The Labute approximate surface area is 115 Å². The highest BCUT2D eigenvalue weighted by Crippen LogP contribution is 2.16. The largest absolute Gasteiger partial charge is 0.395 e. The van der Waals surface area contributed by atoms with Crippen LogP contribution in [0.2, 0.25) is 5.02 Å². The first kappa shape index (κ1) is 15.3. The molecule has 2 atom stereocenters. The van der Waals surface area contributed by atoms with Gasteiger partial charge in [0.05, 0.1) is 12.2 Å². The first-order chi connectivity index (χ1) is 8.49. The number of carbonyl (C=O) groups excluding carboxylic acids is 1. The maximum Gasteiger partial charge on any atom is 0.254 e. The molecule has 0 aromatic heterocycles. The smallest absolute Gasteiger partial charge is 0.254 e. The summed E-state index contributed by atoms with van der Waals surface area (Å²) in [5.74, 6) is -1.15. The van der Waals surface area contributed by atoms with Crippen molar-refractivity contribution < 1.29 is 14.3 Å². The molecular formula is C12H15ClFNO2S. The quantitative estimate of drug-likeness (QED) is 0.875. The molecule has 0 radical (unpaired) electrons. The van der Waals surface area contributed by atoms with Gasteiger partial charge in [0.25, 0.3) is 5.91 Å². The van der Waals surface area contributed by atoms with Crippen LogP contribution in [0, 0.1) is 5.82 Å². The lowest BCUT2D eigenvalue weighted by molar-refractivity contribution is 0.0932. The van der Waals surface area contributed by atoms with E-state index < -0.39 is 11.7 Å². The molecule has 2 N–H and O–H groups in total.